The highest BCUT2D eigenvalue weighted by molar-refractivity contribution is 5.76. The van der Waals surface area contributed by atoms with Crippen molar-refractivity contribution in [3.05, 3.63) is 12.2 Å². The molecule has 6 heteroatoms. The molecule has 0 heterocycles. The van der Waals surface area contributed by atoms with Gasteiger partial charge in [0.1, 0.15) is 0 Å². The van der Waals surface area contributed by atoms with Gasteiger partial charge in [0.2, 0.25) is 5.91 Å². The fourth-order valence-electron chi connectivity index (χ4n) is 12.3. The van der Waals surface area contributed by atoms with Crippen molar-refractivity contribution in [2.45, 2.75) is 450 Å². The van der Waals surface area contributed by atoms with Gasteiger partial charge in [-0.05, 0) is 32.1 Å². The number of unbranched alkanes of at least 4 members (excludes halogenated alkanes) is 61. The van der Waals surface area contributed by atoms with Crippen LogP contribution in [0.1, 0.15) is 438 Å². The van der Waals surface area contributed by atoms with Gasteiger partial charge in [0.05, 0.1) is 25.4 Å². The topological polar surface area (TPSA) is 95.9 Å². The number of esters is 1. The molecule has 0 aliphatic carbocycles. The van der Waals surface area contributed by atoms with E-state index >= 15 is 0 Å². The molecule has 6 nitrogen and oxygen atoms in total. The summed E-state index contributed by atoms with van der Waals surface area (Å²) in [5.41, 5.74) is 0. The Morgan fingerprint density at radius 1 is 0.329 bits per heavy atom. The van der Waals surface area contributed by atoms with Crippen LogP contribution in [0.4, 0.5) is 0 Å². The number of ether oxygens (including phenoxy) is 1. The Balaban J connectivity index is 3.26. The van der Waals surface area contributed by atoms with Gasteiger partial charge >= 0.3 is 5.97 Å². The molecule has 2 unspecified atom stereocenters. The molecule has 0 aromatic carbocycles. The largest absolute Gasteiger partial charge is 0.466 e. The van der Waals surface area contributed by atoms with Gasteiger partial charge in [-0.2, -0.15) is 0 Å². The second-order valence-electron chi connectivity index (χ2n) is 26.4. The zero-order valence-corrected chi connectivity index (χ0v) is 56.0. The lowest BCUT2D eigenvalue weighted by molar-refractivity contribution is -0.143. The minimum Gasteiger partial charge on any atom is -0.466 e. The second kappa shape index (κ2) is 72.1. The van der Waals surface area contributed by atoms with Crippen LogP contribution in [0.2, 0.25) is 0 Å². The molecule has 488 valence electrons. The zero-order valence-electron chi connectivity index (χ0n) is 56.0. The molecule has 0 saturated carbocycles. The molecule has 3 N–H and O–H groups in total. The van der Waals surface area contributed by atoms with Crippen molar-refractivity contribution in [2.24, 2.45) is 0 Å². The van der Waals surface area contributed by atoms with Crippen LogP contribution in [0.5, 0.6) is 0 Å². The van der Waals surface area contributed by atoms with E-state index in [1.165, 1.54) is 372 Å². The van der Waals surface area contributed by atoms with Crippen molar-refractivity contribution in [1.82, 2.24) is 5.32 Å². The number of amides is 1. The molecule has 0 aromatic rings. The summed E-state index contributed by atoms with van der Waals surface area (Å²) < 4.78 is 5.52. The molecule has 0 aliphatic rings. The third-order valence-corrected chi connectivity index (χ3v) is 18.1. The predicted molar refractivity (Wildman–Crippen MR) is 361 cm³/mol. The lowest BCUT2D eigenvalue weighted by Crippen LogP contribution is -2.45. The zero-order chi connectivity index (χ0) is 59.2. The van der Waals surface area contributed by atoms with Crippen LogP contribution in [0.3, 0.4) is 0 Å². The van der Waals surface area contributed by atoms with Crippen LogP contribution in [0.25, 0.3) is 0 Å². The molecule has 0 rings (SSSR count). The molecule has 2 atom stereocenters. The van der Waals surface area contributed by atoms with Gasteiger partial charge in [0.15, 0.2) is 0 Å². The van der Waals surface area contributed by atoms with Crippen LogP contribution in [0, 0.1) is 0 Å². The molecule has 0 radical (unpaired) electrons. The number of aliphatic hydroxyl groups is 2. The first-order valence-electron chi connectivity index (χ1n) is 38.0. The number of nitrogens with one attached hydrogen (secondary N) is 1. The van der Waals surface area contributed by atoms with Gasteiger partial charge in [0.25, 0.3) is 0 Å². The van der Waals surface area contributed by atoms with E-state index in [4.69, 9.17) is 4.74 Å². The van der Waals surface area contributed by atoms with Gasteiger partial charge in [-0.3, -0.25) is 9.59 Å². The van der Waals surface area contributed by atoms with Crippen molar-refractivity contribution >= 4 is 11.9 Å². The third-order valence-electron chi connectivity index (χ3n) is 18.1. The molecular formula is C76H149NO5. The number of carbonyl (C=O) groups is 2. The van der Waals surface area contributed by atoms with Crippen molar-refractivity contribution in [1.29, 1.82) is 0 Å². The fourth-order valence-corrected chi connectivity index (χ4v) is 12.3. The maximum absolute atomic E-state index is 12.4. The van der Waals surface area contributed by atoms with Crippen molar-refractivity contribution in [3.63, 3.8) is 0 Å². The van der Waals surface area contributed by atoms with E-state index in [1.54, 1.807) is 6.08 Å². The van der Waals surface area contributed by atoms with Gasteiger partial charge in [0, 0.05) is 12.8 Å². The molecule has 0 spiro atoms. The highest BCUT2D eigenvalue weighted by Gasteiger charge is 2.18. The summed E-state index contributed by atoms with van der Waals surface area (Å²) in [5, 5.41) is 23.0. The van der Waals surface area contributed by atoms with E-state index in [0.717, 1.165) is 38.5 Å². The minimum absolute atomic E-state index is 0.0285. The van der Waals surface area contributed by atoms with Crippen LogP contribution in [0.15, 0.2) is 12.2 Å². The van der Waals surface area contributed by atoms with Gasteiger partial charge in [-0.1, -0.05) is 405 Å². The van der Waals surface area contributed by atoms with Gasteiger partial charge < -0.3 is 20.3 Å². The summed E-state index contributed by atoms with van der Waals surface area (Å²) in [6.45, 7) is 4.93. The molecular weight excluding hydrogens is 1010 g/mol. The summed E-state index contributed by atoms with van der Waals surface area (Å²) in [5.74, 6) is -0.0334. The van der Waals surface area contributed by atoms with E-state index in [0.29, 0.717) is 19.4 Å². The molecule has 82 heavy (non-hydrogen) atoms. The lowest BCUT2D eigenvalue weighted by Gasteiger charge is -2.20. The summed E-state index contributed by atoms with van der Waals surface area (Å²) >= 11 is 0. The maximum Gasteiger partial charge on any atom is 0.305 e. The number of allylic oxidation sites excluding steroid dienone is 1. The average molecular weight is 1160 g/mol. The summed E-state index contributed by atoms with van der Waals surface area (Å²) in [4.78, 5) is 24.5. The van der Waals surface area contributed by atoms with Gasteiger partial charge in [-0.25, -0.2) is 0 Å². The highest BCUT2D eigenvalue weighted by Crippen LogP contribution is 2.20. The Labute approximate surface area is 514 Å². The number of aliphatic hydroxyl groups excluding tert-OH is 2. The number of carbonyl (C=O) groups excluding carboxylic acids is 2. The first-order valence-corrected chi connectivity index (χ1v) is 38.0. The Kier molecular flexibility index (Phi) is 70.8. The number of rotatable bonds is 72. The minimum atomic E-state index is -0.838. The third kappa shape index (κ3) is 67.7. The molecule has 0 bridgehead atoms. The van der Waals surface area contributed by atoms with Crippen molar-refractivity contribution in [3.8, 4) is 0 Å². The highest BCUT2D eigenvalue weighted by atomic mass is 16.5. The molecule has 0 saturated heterocycles. The second-order valence-corrected chi connectivity index (χ2v) is 26.4. The van der Waals surface area contributed by atoms with E-state index in [2.05, 4.69) is 19.2 Å². The SMILES string of the molecule is CCCCCCCCCC/C=C/C(O)C(CO)NC(=O)CCCCCCCCCCCCCCCCCCCCCCCCCCCCCCCCCCCCCCCOC(=O)CCCCCCCCCCCCCCCCCCCC. The first-order chi connectivity index (χ1) is 40.5. The van der Waals surface area contributed by atoms with E-state index in [-0.39, 0.29) is 18.5 Å². The quantitative estimate of drug-likeness (QED) is 0.0320. The molecule has 0 aliphatic heterocycles. The normalized spacial score (nSPS) is 12.5. The maximum atomic E-state index is 12.4. The first kappa shape index (κ1) is 80.6. The molecule has 0 aromatic heterocycles. The van der Waals surface area contributed by atoms with E-state index in [1.807, 2.05) is 6.08 Å². The van der Waals surface area contributed by atoms with E-state index in [9.17, 15) is 19.8 Å². The van der Waals surface area contributed by atoms with Crippen LogP contribution < -0.4 is 5.32 Å². The smallest absolute Gasteiger partial charge is 0.305 e. The van der Waals surface area contributed by atoms with Crippen LogP contribution in [-0.2, 0) is 14.3 Å². The Hall–Kier alpha value is -1.40. The summed E-state index contributed by atoms with van der Waals surface area (Å²) in [7, 11) is 0. The van der Waals surface area contributed by atoms with Crippen LogP contribution >= 0.6 is 0 Å². The number of hydrogen-bond acceptors (Lipinski definition) is 5. The summed E-state index contributed by atoms with van der Waals surface area (Å²) in [6, 6.07) is -0.621. The molecule has 1 amide bonds. The Bertz CT molecular complexity index is 1240. The Morgan fingerprint density at radius 2 is 0.561 bits per heavy atom. The fraction of sp³-hybridized carbons (Fsp3) is 0.947. The van der Waals surface area contributed by atoms with Gasteiger partial charge in [-0.15, -0.1) is 0 Å². The van der Waals surface area contributed by atoms with E-state index < -0.39 is 12.1 Å². The molecule has 0 fully saturated rings. The average Bonchev–Trinajstić information content (AvgIpc) is 3.48. The standard InChI is InChI=1S/C76H149NO5/c1-3-5-7-9-11-13-15-16-17-18-41-44-47-50-54-58-62-66-70-76(81)82-71-67-63-59-55-51-48-45-42-39-37-35-33-31-29-27-25-23-21-19-20-22-24-26-28-30-32-34-36-38-40-43-46-49-53-57-61-65-69-75(80)77-73(72-78)74(79)68-64-60-56-52-14-12-10-8-6-4-2/h64,68,73-74,78-79H,3-63,65-67,69-72H2,1-2H3,(H,77,80)/b68-64+. The number of hydrogen-bond donors (Lipinski definition) is 3. The van der Waals surface area contributed by atoms with Crippen LogP contribution in [-0.4, -0.2) is 47.4 Å². The monoisotopic (exact) mass is 1160 g/mol. The summed E-state index contributed by atoms with van der Waals surface area (Å²) in [6.07, 6.45) is 90.6. The van der Waals surface area contributed by atoms with Crippen molar-refractivity contribution < 1.29 is 24.5 Å². The predicted octanol–water partition coefficient (Wildman–Crippen LogP) is 24.7. The Morgan fingerprint density at radius 3 is 0.829 bits per heavy atom. The van der Waals surface area contributed by atoms with Crippen molar-refractivity contribution in [2.75, 3.05) is 13.2 Å². The lowest BCUT2D eigenvalue weighted by atomic mass is 10.0.